The second-order valence-electron chi connectivity index (χ2n) is 7.71. The molecule has 1 aliphatic rings. The van der Waals surface area contributed by atoms with Gasteiger partial charge in [0.2, 0.25) is 0 Å². The van der Waals surface area contributed by atoms with Gasteiger partial charge < -0.3 is 19.9 Å². The molecule has 1 amide bonds. The summed E-state index contributed by atoms with van der Waals surface area (Å²) in [6.07, 6.45) is 0.823. The number of nitrogens with one attached hydrogen (secondary N) is 2. The Morgan fingerprint density at radius 3 is 2.71 bits per heavy atom. The van der Waals surface area contributed by atoms with E-state index in [9.17, 15) is 9.59 Å². The molecule has 150 valence electrons. The number of ether oxygens (including phenoxy) is 1. The van der Waals surface area contributed by atoms with Crippen molar-refractivity contribution in [2.24, 2.45) is 0 Å². The number of aryl methyl sites for hydroxylation is 1. The van der Waals surface area contributed by atoms with E-state index in [1.165, 1.54) is 11.3 Å². The highest BCUT2D eigenvalue weighted by atomic mass is 16.5. The molecular formula is C22H29N3O3. The van der Waals surface area contributed by atoms with E-state index in [0.29, 0.717) is 35.1 Å². The van der Waals surface area contributed by atoms with Crippen molar-refractivity contribution in [2.45, 2.75) is 53.2 Å². The fourth-order valence-electron chi connectivity index (χ4n) is 3.90. The summed E-state index contributed by atoms with van der Waals surface area (Å²) in [6.45, 7) is 10.6. The Balaban J connectivity index is 1.64. The number of para-hydroxylation sites is 1. The summed E-state index contributed by atoms with van der Waals surface area (Å²) in [5.41, 5.74) is 4.74. The van der Waals surface area contributed by atoms with Gasteiger partial charge in [-0.2, -0.15) is 0 Å². The van der Waals surface area contributed by atoms with E-state index in [1.807, 2.05) is 6.07 Å². The van der Waals surface area contributed by atoms with Gasteiger partial charge in [0.05, 0.1) is 11.7 Å². The van der Waals surface area contributed by atoms with Gasteiger partial charge in [-0.05, 0) is 58.2 Å². The molecule has 6 nitrogen and oxygen atoms in total. The number of hydrogen-bond acceptors (Lipinski definition) is 4. The SMILES string of the molecule is Cc1[nH]c(C(=O)NCCN2c3ccccc3CC2C)c(C)c1C(=O)OC(C)C. The average Bonchev–Trinajstić information content (AvgIpc) is 3.10. The number of aromatic amines is 1. The average molecular weight is 383 g/mol. The topological polar surface area (TPSA) is 74.4 Å². The number of esters is 1. The number of anilines is 1. The Morgan fingerprint density at radius 1 is 1.29 bits per heavy atom. The molecule has 1 aromatic heterocycles. The van der Waals surface area contributed by atoms with Crippen LogP contribution in [-0.4, -0.2) is 42.1 Å². The third-order valence-corrected chi connectivity index (χ3v) is 5.20. The van der Waals surface area contributed by atoms with Crippen molar-refractivity contribution in [3.05, 3.63) is 52.3 Å². The smallest absolute Gasteiger partial charge is 0.340 e. The Labute approximate surface area is 166 Å². The lowest BCUT2D eigenvalue weighted by Crippen LogP contribution is -2.38. The van der Waals surface area contributed by atoms with Gasteiger partial charge in [-0.1, -0.05) is 18.2 Å². The number of benzene rings is 1. The molecule has 0 spiro atoms. The second kappa shape index (κ2) is 8.09. The van der Waals surface area contributed by atoms with Crippen LogP contribution < -0.4 is 10.2 Å². The minimum Gasteiger partial charge on any atom is -0.459 e. The van der Waals surface area contributed by atoms with Crippen molar-refractivity contribution in [3.63, 3.8) is 0 Å². The molecule has 6 heteroatoms. The molecule has 1 aliphatic heterocycles. The molecule has 0 saturated carbocycles. The summed E-state index contributed by atoms with van der Waals surface area (Å²) in [7, 11) is 0. The summed E-state index contributed by atoms with van der Waals surface area (Å²) in [5.74, 6) is -0.605. The molecule has 1 unspecified atom stereocenters. The summed E-state index contributed by atoms with van der Waals surface area (Å²) < 4.78 is 5.29. The molecule has 0 radical (unpaired) electrons. The van der Waals surface area contributed by atoms with E-state index in [0.717, 1.165) is 13.0 Å². The van der Waals surface area contributed by atoms with Gasteiger partial charge >= 0.3 is 5.97 Å². The Hall–Kier alpha value is -2.76. The maximum absolute atomic E-state index is 12.7. The van der Waals surface area contributed by atoms with Gasteiger partial charge in [-0.15, -0.1) is 0 Å². The first-order valence-corrected chi connectivity index (χ1v) is 9.82. The van der Waals surface area contributed by atoms with Crippen LogP contribution in [0.2, 0.25) is 0 Å². The number of fused-ring (bicyclic) bond motifs is 1. The van der Waals surface area contributed by atoms with Crippen molar-refractivity contribution in [2.75, 3.05) is 18.0 Å². The third kappa shape index (κ3) is 3.91. The fraction of sp³-hybridized carbons (Fsp3) is 0.455. The number of amides is 1. The number of rotatable bonds is 6. The molecule has 0 fully saturated rings. The van der Waals surface area contributed by atoms with Crippen molar-refractivity contribution >= 4 is 17.6 Å². The Bertz CT molecular complexity index is 885. The van der Waals surface area contributed by atoms with Crippen LogP contribution in [0.4, 0.5) is 5.69 Å². The standard InChI is InChI=1S/C22H29N3O3/c1-13(2)28-22(27)19-15(4)20(24-16(19)5)21(26)23-10-11-25-14(3)12-17-8-6-7-9-18(17)25/h6-9,13-14,24H,10-12H2,1-5H3,(H,23,26). The van der Waals surface area contributed by atoms with Gasteiger partial charge in [0.25, 0.3) is 5.91 Å². The van der Waals surface area contributed by atoms with Crippen LogP contribution >= 0.6 is 0 Å². The zero-order valence-electron chi connectivity index (χ0n) is 17.3. The van der Waals surface area contributed by atoms with Crippen molar-refractivity contribution in [1.82, 2.24) is 10.3 Å². The van der Waals surface area contributed by atoms with Crippen LogP contribution in [0.3, 0.4) is 0 Å². The van der Waals surface area contributed by atoms with Crippen LogP contribution in [0.25, 0.3) is 0 Å². The molecule has 28 heavy (non-hydrogen) atoms. The second-order valence-corrected chi connectivity index (χ2v) is 7.71. The van der Waals surface area contributed by atoms with E-state index in [4.69, 9.17) is 4.74 Å². The number of carbonyl (C=O) groups excluding carboxylic acids is 2. The predicted molar refractivity (Wildman–Crippen MR) is 110 cm³/mol. The molecule has 0 bridgehead atoms. The van der Waals surface area contributed by atoms with Crippen LogP contribution in [0.1, 0.15) is 58.4 Å². The molecule has 3 rings (SSSR count). The number of aromatic nitrogens is 1. The molecule has 0 saturated heterocycles. The minimum atomic E-state index is -0.400. The van der Waals surface area contributed by atoms with Gasteiger partial charge in [-0.25, -0.2) is 4.79 Å². The van der Waals surface area contributed by atoms with Crippen LogP contribution in [0, 0.1) is 13.8 Å². The van der Waals surface area contributed by atoms with E-state index >= 15 is 0 Å². The quantitative estimate of drug-likeness (QED) is 0.750. The lowest BCUT2D eigenvalue weighted by Gasteiger charge is -2.25. The van der Waals surface area contributed by atoms with E-state index in [-0.39, 0.29) is 12.0 Å². The highest BCUT2D eigenvalue weighted by Gasteiger charge is 2.26. The van der Waals surface area contributed by atoms with Crippen LogP contribution in [-0.2, 0) is 11.2 Å². The highest BCUT2D eigenvalue weighted by molar-refractivity contribution is 6.00. The molecule has 1 aromatic carbocycles. The number of nitrogens with zero attached hydrogens (tertiary/aromatic N) is 1. The summed E-state index contributed by atoms with van der Waals surface area (Å²) in [6, 6.07) is 8.82. The Morgan fingerprint density at radius 2 is 2.00 bits per heavy atom. The highest BCUT2D eigenvalue weighted by Crippen LogP contribution is 2.31. The molecule has 2 aromatic rings. The molecule has 2 N–H and O–H groups in total. The lowest BCUT2D eigenvalue weighted by molar-refractivity contribution is 0.0376. The monoisotopic (exact) mass is 383 g/mol. The number of H-pyrrole nitrogens is 1. The molecule has 2 heterocycles. The maximum Gasteiger partial charge on any atom is 0.340 e. The van der Waals surface area contributed by atoms with E-state index in [2.05, 4.69) is 40.3 Å². The first-order chi connectivity index (χ1) is 13.3. The van der Waals surface area contributed by atoms with E-state index < -0.39 is 5.97 Å². The first kappa shape index (κ1) is 20.0. The predicted octanol–water partition coefficient (Wildman–Crippen LogP) is 3.38. The summed E-state index contributed by atoms with van der Waals surface area (Å²) in [4.78, 5) is 30.3. The normalized spacial score (nSPS) is 15.6. The zero-order valence-corrected chi connectivity index (χ0v) is 17.3. The van der Waals surface area contributed by atoms with Gasteiger partial charge in [0.15, 0.2) is 0 Å². The minimum absolute atomic E-state index is 0.204. The number of hydrogen-bond donors (Lipinski definition) is 2. The van der Waals surface area contributed by atoms with Gasteiger partial charge in [0, 0.05) is 30.5 Å². The van der Waals surface area contributed by atoms with Crippen molar-refractivity contribution in [1.29, 1.82) is 0 Å². The lowest BCUT2D eigenvalue weighted by atomic mass is 10.1. The van der Waals surface area contributed by atoms with Crippen LogP contribution in [0.5, 0.6) is 0 Å². The van der Waals surface area contributed by atoms with Gasteiger partial charge in [0.1, 0.15) is 5.69 Å². The fourth-order valence-corrected chi connectivity index (χ4v) is 3.90. The summed E-state index contributed by atoms with van der Waals surface area (Å²) >= 11 is 0. The van der Waals surface area contributed by atoms with E-state index in [1.54, 1.807) is 27.7 Å². The van der Waals surface area contributed by atoms with Crippen molar-refractivity contribution in [3.8, 4) is 0 Å². The summed E-state index contributed by atoms with van der Waals surface area (Å²) in [5, 5.41) is 2.97. The Kier molecular flexibility index (Phi) is 5.77. The third-order valence-electron chi connectivity index (χ3n) is 5.20. The largest absolute Gasteiger partial charge is 0.459 e. The van der Waals surface area contributed by atoms with Crippen LogP contribution in [0.15, 0.2) is 24.3 Å². The molecular weight excluding hydrogens is 354 g/mol. The maximum atomic E-state index is 12.7. The van der Waals surface area contributed by atoms with Gasteiger partial charge in [-0.3, -0.25) is 4.79 Å². The number of carbonyl (C=O) groups is 2. The zero-order chi connectivity index (χ0) is 20.4. The molecule has 1 atom stereocenters. The van der Waals surface area contributed by atoms with Crippen molar-refractivity contribution < 1.29 is 14.3 Å². The molecule has 0 aliphatic carbocycles. The first-order valence-electron chi connectivity index (χ1n) is 9.82.